The first-order valence-electron chi connectivity index (χ1n) is 6.91. The number of hydrogen-bond acceptors (Lipinski definition) is 3. The van der Waals surface area contributed by atoms with E-state index in [1.807, 2.05) is 6.20 Å². The lowest BCUT2D eigenvalue weighted by molar-refractivity contribution is 0.589. The van der Waals surface area contributed by atoms with Crippen molar-refractivity contribution in [1.82, 2.24) is 25.0 Å². The van der Waals surface area contributed by atoms with Crippen LogP contribution in [-0.4, -0.2) is 25.0 Å². The molecule has 0 atom stereocenters. The molecule has 0 aliphatic carbocycles. The van der Waals surface area contributed by atoms with E-state index in [1.54, 1.807) is 24.0 Å². The predicted molar refractivity (Wildman–Crippen MR) is 81.4 cm³/mol. The molecule has 7 heteroatoms. The Hall–Kier alpha value is -3.09. The molecule has 4 rings (SSSR count). The van der Waals surface area contributed by atoms with E-state index in [0.29, 0.717) is 11.2 Å². The van der Waals surface area contributed by atoms with Gasteiger partial charge < -0.3 is 0 Å². The number of hydrogen-bond donors (Lipinski definition) is 1. The minimum Gasteiger partial charge on any atom is -0.276 e. The van der Waals surface area contributed by atoms with Crippen LogP contribution < -0.4 is 0 Å². The molecule has 0 aliphatic heterocycles. The molecular formula is C16H11F2N5. The van der Waals surface area contributed by atoms with E-state index in [1.165, 1.54) is 24.4 Å². The highest BCUT2D eigenvalue weighted by Crippen LogP contribution is 2.30. The van der Waals surface area contributed by atoms with Crippen molar-refractivity contribution in [3.63, 3.8) is 0 Å². The quantitative estimate of drug-likeness (QED) is 0.618. The minimum atomic E-state index is -0.650. The number of aromatic amines is 1. The molecule has 0 amide bonds. The van der Waals surface area contributed by atoms with E-state index in [-0.39, 0.29) is 11.3 Å². The van der Waals surface area contributed by atoms with Crippen LogP contribution in [0.2, 0.25) is 0 Å². The Bertz CT molecular complexity index is 998. The highest BCUT2D eigenvalue weighted by atomic mass is 19.1. The highest BCUT2D eigenvalue weighted by molar-refractivity contribution is 5.94. The van der Waals surface area contributed by atoms with Gasteiger partial charge in [0.15, 0.2) is 0 Å². The summed E-state index contributed by atoms with van der Waals surface area (Å²) in [5.41, 5.74) is 2.23. The highest BCUT2D eigenvalue weighted by Gasteiger charge is 2.16. The summed E-state index contributed by atoms with van der Waals surface area (Å²) < 4.78 is 29.6. The lowest BCUT2D eigenvalue weighted by Gasteiger charge is -2.04. The van der Waals surface area contributed by atoms with Crippen LogP contribution in [0.4, 0.5) is 8.78 Å². The van der Waals surface area contributed by atoms with Crippen LogP contribution in [-0.2, 0) is 7.05 Å². The molecule has 1 N–H and O–H groups in total. The summed E-state index contributed by atoms with van der Waals surface area (Å²) >= 11 is 0. The first-order valence-corrected chi connectivity index (χ1v) is 6.91. The van der Waals surface area contributed by atoms with Crippen LogP contribution >= 0.6 is 0 Å². The van der Waals surface area contributed by atoms with Gasteiger partial charge in [-0.05, 0) is 18.2 Å². The SMILES string of the molecule is Cn1cc(-c2n[nH]c3cnc(-c4c(F)cccc4F)cc23)cn1. The molecule has 0 radical (unpaired) electrons. The van der Waals surface area contributed by atoms with Crippen molar-refractivity contribution in [3.05, 3.63) is 54.5 Å². The Labute approximate surface area is 129 Å². The van der Waals surface area contributed by atoms with E-state index >= 15 is 0 Å². The molecule has 0 unspecified atom stereocenters. The molecule has 0 spiro atoms. The molecule has 0 aliphatic rings. The second kappa shape index (κ2) is 4.98. The van der Waals surface area contributed by atoms with E-state index in [4.69, 9.17) is 0 Å². The fourth-order valence-electron chi connectivity index (χ4n) is 2.56. The molecule has 0 bridgehead atoms. The maximum atomic E-state index is 14.0. The third-order valence-electron chi connectivity index (χ3n) is 3.64. The molecule has 3 heterocycles. The van der Waals surface area contributed by atoms with Crippen molar-refractivity contribution in [3.8, 4) is 22.5 Å². The lowest BCUT2D eigenvalue weighted by Crippen LogP contribution is -1.92. The average molecular weight is 311 g/mol. The number of pyridine rings is 1. The lowest BCUT2D eigenvalue weighted by atomic mass is 10.1. The maximum absolute atomic E-state index is 14.0. The molecule has 0 fully saturated rings. The Morgan fingerprint density at radius 1 is 1.13 bits per heavy atom. The Morgan fingerprint density at radius 3 is 2.61 bits per heavy atom. The number of aryl methyl sites for hydroxylation is 1. The summed E-state index contributed by atoms with van der Waals surface area (Å²) in [6.45, 7) is 0. The van der Waals surface area contributed by atoms with E-state index in [0.717, 1.165) is 10.9 Å². The summed E-state index contributed by atoms with van der Waals surface area (Å²) in [7, 11) is 1.81. The average Bonchev–Trinajstić information content (AvgIpc) is 3.12. The first kappa shape index (κ1) is 13.6. The number of halogens is 2. The smallest absolute Gasteiger partial charge is 0.135 e. The van der Waals surface area contributed by atoms with Crippen LogP contribution in [0.3, 0.4) is 0 Å². The Balaban J connectivity index is 1.94. The number of fused-ring (bicyclic) bond motifs is 1. The molecule has 1 aromatic carbocycles. The normalized spacial score (nSPS) is 11.3. The molecule has 4 aromatic rings. The fourth-order valence-corrected chi connectivity index (χ4v) is 2.56. The van der Waals surface area contributed by atoms with Crippen LogP contribution in [0.15, 0.2) is 42.9 Å². The summed E-state index contributed by atoms with van der Waals surface area (Å²) in [5, 5.41) is 12.0. The van der Waals surface area contributed by atoms with Crippen molar-refractivity contribution < 1.29 is 8.78 Å². The second-order valence-corrected chi connectivity index (χ2v) is 5.19. The van der Waals surface area contributed by atoms with Crippen LogP contribution in [0, 0.1) is 11.6 Å². The summed E-state index contributed by atoms with van der Waals surface area (Å²) in [5.74, 6) is -1.30. The van der Waals surface area contributed by atoms with Gasteiger partial charge in [-0.3, -0.25) is 14.8 Å². The molecule has 114 valence electrons. The van der Waals surface area contributed by atoms with Gasteiger partial charge in [-0.1, -0.05) is 6.07 Å². The third-order valence-corrected chi connectivity index (χ3v) is 3.64. The standard InChI is InChI=1S/C16H11F2N5/c1-23-8-9(6-20-23)16-10-5-13(19-7-14(10)21-22-16)15-11(17)3-2-4-12(15)18/h2-8H,1H3,(H,21,22). The van der Waals surface area contributed by atoms with Gasteiger partial charge in [0.1, 0.15) is 17.3 Å². The topological polar surface area (TPSA) is 59.4 Å². The van der Waals surface area contributed by atoms with Gasteiger partial charge in [-0.25, -0.2) is 8.78 Å². The second-order valence-electron chi connectivity index (χ2n) is 5.19. The Kier molecular flexibility index (Phi) is 2.94. The number of H-pyrrole nitrogens is 1. The van der Waals surface area contributed by atoms with Gasteiger partial charge in [0.25, 0.3) is 0 Å². The van der Waals surface area contributed by atoms with Crippen molar-refractivity contribution in [2.24, 2.45) is 7.05 Å². The zero-order chi connectivity index (χ0) is 16.0. The molecule has 23 heavy (non-hydrogen) atoms. The number of aromatic nitrogens is 5. The van der Waals surface area contributed by atoms with Gasteiger partial charge in [0.2, 0.25) is 0 Å². The number of nitrogens with one attached hydrogen (secondary N) is 1. The van der Waals surface area contributed by atoms with Crippen molar-refractivity contribution in [2.45, 2.75) is 0 Å². The monoisotopic (exact) mass is 311 g/mol. The van der Waals surface area contributed by atoms with Crippen molar-refractivity contribution in [2.75, 3.05) is 0 Å². The summed E-state index contributed by atoms with van der Waals surface area (Å²) in [6, 6.07) is 5.37. The van der Waals surface area contributed by atoms with E-state index in [9.17, 15) is 8.78 Å². The minimum absolute atomic E-state index is 0.146. The van der Waals surface area contributed by atoms with Gasteiger partial charge in [-0.2, -0.15) is 10.2 Å². The number of benzene rings is 1. The van der Waals surface area contributed by atoms with Crippen molar-refractivity contribution in [1.29, 1.82) is 0 Å². The zero-order valence-corrected chi connectivity index (χ0v) is 12.1. The van der Waals surface area contributed by atoms with Crippen LogP contribution in [0.5, 0.6) is 0 Å². The maximum Gasteiger partial charge on any atom is 0.135 e. The molecule has 5 nitrogen and oxygen atoms in total. The third kappa shape index (κ3) is 2.17. The summed E-state index contributed by atoms with van der Waals surface area (Å²) in [6.07, 6.45) is 5.02. The predicted octanol–water partition coefficient (Wildman–Crippen LogP) is 3.30. The molecule has 0 saturated carbocycles. The van der Waals surface area contributed by atoms with Gasteiger partial charge >= 0.3 is 0 Å². The summed E-state index contributed by atoms with van der Waals surface area (Å²) in [4.78, 5) is 4.14. The van der Waals surface area contributed by atoms with Gasteiger partial charge in [-0.15, -0.1) is 0 Å². The van der Waals surface area contributed by atoms with Crippen LogP contribution in [0.25, 0.3) is 33.4 Å². The number of nitrogens with zero attached hydrogens (tertiary/aromatic N) is 4. The first-order chi connectivity index (χ1) is 11.1. The van der Waals surface area contributed by atoms with Crippen LogP contribution in [0.1, 0.15) is 0 Å². The van der Waals surface area contributed by atoms with Gasteiger partial charge in [0.05, 0.1) is 29.2 Å². The molecule has 3 aromatic heterocycles. The molecular weight excluding hydrogens is 300 g/mol. The number of rotatable bonds is 2. The van der Waals surface area contributed by atoms with E-state index in [2.05, 4.69) is 20.3 Å². The largest absolute Gasteiger partial charge is 0.276 e. The van der Waals surface area contributed by atoms with E-state index < -0.39 is 11.6 Å². The fraction of sp³-hybridized carbons (Fsp3) is 0.0625. The Morgan fingerprint density at radius 2 is 1.91 bits per heavy atom. The van der Waals surface area contributed by atoms with Gasteiger partial charge in [0, 0.05) is 24.2 Å². The molecule has 0 saturated heterocycles. The zero-order valence-electron chi connectivity index (χ0n) is 12.1. The van der Waals surface area contributed by atoms with Crippen molar-refractivity contribution >= 4 is 10.9 Å².